The Balaban J connectivity index is 1.78. The Hall–Kier alpha value is -1.91. The normalized spacial score (nSPS) is 24.4. The molecule has 2 N–H and O–H groups in total. The number of aliphatic hydroxyl groups excluding tert-OH is 2. The Kier molecular flexibility index (Phi) is 5.11. The third kappa shape index (κ3) is 4.20. The highest BCUT2D eigenvalue weighted by atomic mass is 32.2. The molecule has 25 heavy (non-hydrogen) atoms. The minimum absolute atomic E-state index is 0.132. The predicted octanol–water partition coefficient (Wildman–Crippen LogP) is 1.59. The van der Waals surface area contributed by atoms with Gasteiger partial charge in [-0.2, -0.15) is 13.2 Å². The molecule has 2 aromatic rings. The van der Waals surface area contributed by atoms with Gasteiger partial charge in [-0.1, -0.05) is 17.8 Å². The molecular weight excluding hydrogens is 357 g/mol. The molecule has 0 aromatic carbocycles. The maximum atomic E-state index is 12.8. The van der Waals surface area contributed by atoms with Gasteiger partial charge in [0.05, 0.1) is 28.7 Å². The molecule has 0 radical (unpaired) electrons. The number of hydrogen-bond donors (Lipinski definition) is 2. The molecular formula is C15H15F3N4O2S. The van der Waals surface area contributed by atoms with Crippen molar-refractivity contribution in [2.75, 3.05) is 18.0 Å². The second kappa shape index (κ2) is 7.14. The molecule has 0 spiro atoms. The van der Waals surface area contributed by atoms with E-state index >= 15 is 0 Å². The largest absolute Gasteiger partial charge is 0.433 e. The lowest BCUT2D eigenvalue weighted by Gasteiger charge is -2.39. The Bertz CT molecular complexity index is 719. The molecule has 1 aliphatic rings. The molecule has 10 heteroatoms. The molecule has 0 unspecified atom stereocenters. The minimum atomic E-state index is -4.53. The van der Waals surface area contributed by atoms with Crippen LogP contribution in [0.4, 0.5) is 19.0 Å². The van der Waals surface area contributed by atoms with E-state index in [0.717, 1.165) is 17.8 Å². The molecule has 134 valence electrons. The number of alkyl halides is 3. The van der Waals surface area contributed by atoms with Gasteiger partial charge in [0.25, 0.3) is 0 Å². The number of β-amino-alcohol motifs (C(OH)–C–C–N with tert-alkyl or cyclic N) is 1. The molecule has 1 aliphatic heterocycles. The highest BCUT2D eigenvalue weighted by molar-refractivity contribution is 8.00. The van der Waals surface area contributed by atoms with Crippen molar-refractivity contribution in [2.45, 2.75) is 28.7 Å². The van der Waals surface area contributed by atoms with E-state index in [-0.39, 0.29) is 11.6 Å². The number of piperidine rings is 1. The van der Waals surface area contributed by atoms with E-state index in [2.05, 4.69) is 15.0 Å². The van der Waals surface area contributed by atoms with Gasteiger partial charge in [-0.15, -0.1) is 0 Å². The number of aromatic nitrogens is 3. The predicted molar refractivity (Wildman–Crippen MR) is 85.1 cm³/mol. The summed E-state index contributed by atoms with van der Waals surface area (Å²) in [7, 11) is 0. The first kappa shape index (κ1) is 17.9. The smallest absolute Gasteiger partial charge is 0.389 e. The molecule has 3 rings (SSSR count). The van der Waals surface area contributed by atoms with Crippen LogP contribution in [0.3, 0.4) is 0 Å². The van der Waals surface area contributed by atoms with Crippen LogP contribution in [0.2, 0.25) is 0 Å². The lowest BCUT2D eigenvalue weighted by Crippen LogP contribution is -2.54. The average molecular weight is 372 g/mol. The first-order valence-electron chi connectivity index (χ1n) is 7.42. The fourth-order valence-corrected chi connectivity index (χ4v) is 3.72. The van der Waals surface area contributed by atoms with Gasteiger partial charge in [0.2, 0.25) is 0 Å². The molecule has 1 saturated heterocycles. The van der Waals surface area contributed by atoms with Crippen molar-refractivity contribution in [1.29, 1.82) is 0 Å². The maximum absolute atomic E-state index is 12.8. The van der Waals surface area contributed by atoms with Gasteiger partial charge in [0, 0.05) is 25.5 Å². The summed E-state index contributed by atoms with van der Waals surface area (Å²) in [4.78, 5) is 13.4. The van der Waals surface area contributed by atoms with Crippen LogP contribution in [0.15, 0.2) is 41.8 Å². The minimum Gasteiger partial charge on any atom is -0.389 e. The first-order valence-corrected chi connectivity index (χ1v) is 8.30. The van der Waals surface area contributed by atoms with Gasteiger partial charge >= 0.3 is 6.18 Å². The second-order valence-corrected chi connectivity index (χ2v) is 6.80. The summed E-state index contributed by atoms with van der Waals surface area (Å²) in [6.45, 7) is 0.451. The molecule has 0 saturated carbocycles. The van der Waals surface area contributed by atoms with E-state index in [0.29, 0.717) is 12.4 Å². The number of anilines is 1. The quantitative estimate of drug-likeness (QED) is 0.847. The zero-order valence-electron chi connectivity index (χ0n) is 12.8. The monoisotopic (exact) mass is 372 g/mol. The third-order valence-electron chi connectivity index (χ3n) is 3.74. The van der Waals surface area contributed by atoms with Crippen LogP contribution >= 0.6 is 11.8 Å². The van der Waals surface area contributed by atoms with E-state index in [9.17, 15) is 23.4 Å². The highest BCUT2D eigenvalue weighted by Gasteiger charge is 2.37. The molecule has 3 atom stereocenters. The topological polar surface area (TPSA) is 82.4 Å². The van der Waals surface area contributed by atoms with Gasteiger partial charge in [0.15, 0.2) is 0 Å². The summed E-state index contributed by atoms with van der Waals surface area (Å²) in [5.74, 6) is 0.524. The Labute approximate surface area is 145 Å². The second-order valence-electron chi connectivity index (χ2n) is 5.54. The molecule has 0 amide bonds. The zero-order valence-corrected chi connectivity index (χ0v) is 13.7. The van der Waals surface area contributed by atoms with E-state index in [4.69, 9.17) is 0 Å². The van der Waals surface area contributed by atoms with Crippen molar-refractivity contribution in [2.24, 2.45) is 0 Å². The van der Waals surface area contributed by atoms with Crippen LogP contribution in [0, 0.1) is 0 Å². The molecule has 1 fully saturated rings. The molecule has 0 aliphatic carbocycles. The summed E-state index contributed by atoms with van der Waals surface area (Å²) < 4.78 is 38.4. The number of pyridine rings is 1. The van der Waals surface area contributed by atoms with E-state index in [1.54, 1.807) is 4.90 Å². The molecule has 0 bridgehead atoms. The molecule has 6 nitrogen and oxygen atoms in total. The summed E-state index contributed by atoms with van der Waals surface area (Å²) in [5, 5.41) is 19.9. The van der Waals surface area contributed by atoms with Gasteiger partial charge in [-0.05, 0) is 12.1 Å². The van der Waals surface area contributed by atoms with Crippen LogP contribution in [0.1, 0.15) is 5.69 Å². The lowest BCUT2D eigenvalue weighted by molar-refractivity contribution is -0.141. The van der Waals surface area contributed by atoms with Gasteiger partial charge < -0.3 is 15.1 Å². The van der Waals surface area contributed by atoms with Crippen LogP contribution in [0.25, 0.3) is 0 Å². The third-order valence-corrected chi connectivity index (χ3v) is 4.94. The van der Waals surface area contributed by atoms with E-state index < -0.39 is 29.3 Å². The van der Waals surface area contributed by atoms with Crippen LogP contribution in [0.5, 0.6) is 0 Å². The maximum Gasteiger partial charge on any atom is 0.433 e. The zero-order chi connectivity index (χ0) is 18.0. The van der Waals surface area contributed by atoms with Gasteiger partial charge in [-0.3, -0.25) is 4.98 Å². The summed E-state index contributed by atoms with van der Waals surface area (Å²) in [6.07, 6.45) is -2.14. The van der Waals surface area contributed by atoms with Crippen molar-refractivity contribution in [3.63, 3.8) is 0 Å². The van der Waals surface area contributed by atoms with Crippen molar-refractivity contribution in [3.8, 4) is 0 Å². The number of aliphatic hydroxyl groups is 2. The molecule has 3 heterocycles. The SMILES string of the molecule is O[C@@H]1[C@@H](Sc2cccc(C(F)(F)F)n2)CN(c2cnccn2)C[C@@H]1O. The number of halogens is 3. The van der Waals surface area contributed by atoms with Crippen LogP contribution < -0.4 is 4.90 Å². The van der Waals surface area contributed by atoms with Crippen molar-refractivity contribution in [3.05, 3.63) is 42.5 Å². The Morgan fingerprint density at radius 2 is 1.96 bits per heavy atom. The van der Waals surface area contributed by atoms with E-state index in [1.807, 2.05) is 0 Å². The van der Waals surface area contributed by atoms with Crippen molar-refractivity contribution in [1.82, 2.24) is 15.0 Å². The van der Waals surface area contributed by atoms with Crippen molar-refractivity contribution >= 4 is 17.6 Å². The van der Waals surface area contributed by atoms with E-state index in [1.165, 1.54) is 30.7 Å². The lowest BCUT2D eigenvalue weighted by atomic mass is 10.0. The summed E-state index contributed by atoms with van der Waals surface area (Å²) in [5.41, 5.74) is -0.992. The first-order chi connectivity index (χ1) is 11.8. The summed E-state index contributed by atoms with van der Waals surface area (Å²) >= 11 is 0.994. The van der Waals surface area contributed by atoms with Gasteiger partial charge in [-0.25, -0.2) is 9.97 Å². The van der Waals surface area contributed by atoms with Crippen LogP contribution in [-0.2, 0) is 6.18 Å². The number of rotatable bonds is 3. The summed E-state index contributed by atoms with van der Waals surface area (Å²) in [6, 6.07) is 3.60. The average Bonchev–Trinajstić information content (AvgIpc) is 2.59. The Morgan fingerprint density at radius 1 is 1.16 bits per heavy atom. The number of nitrogens with zero attached hydrogens (tertiary/aromatic N) is 4. The number of thioether (sulfide) groups is 1. The van der Waals surface area contributed by atoms with Gasteiger partial charge in [0.1, 0.15) is 11.5 Å². The standard InChI is InChI=1S/C15H15F3N4O2S/c16-15(17,18)11-2-1-3-13(21-11)25-10-8-22(7-9(23)14(10)24)12-6-19-4-5-20-12/h1-6,9-10,14,23-24H,7-8H2/t9-,10-,14-/m0/s1. The fraction of sp³-hybridized carbons (Fsp3) is 0.400. The van der Waals surface area contributed by atoms with Crippen LogP contribution in [-0.4, -0.2) is 55.7 Å². The highest BCUT2D eigenvalue weighted by Crippen LogP contribution is 2.33. The Morgan fingerprint density at radius 3 is 2.64 bits per heavy atom. The number of hydrogen-bond acceptors (Lipinski definition) is 7. The van der Waals surface area contributed by atoms with Crippen molar-refractivity contribution < 1.29 is 23.4 Å². The fourth-order valence-electron chi connectivity index (χ4n) is 2.52. The molecule has 2 aromatic heterocycles.